The van der Waals surface area contributed by atoms with Crippen molar-refractivity contribution in [3.63, 3.8) is 0 Å². The zero-order valence-electron chi connectivity index (χ0n) is 24.4. The summed E-state index contributed by atoms with van der Waals surface area (Å²) in [6.07, 6.45) is 3.47. The highest BCUT2D eigenvalue weighted by molar-refractivity contribution is 8.14. The normalized spacial score (nSPS) is 25.6. The Labute approximate surface area is 251 Å². The largest absolute Gasteiger partial charge is 0.497 e. The van der Waals surface area contributed by atoms with Crippen molar-refractivity contribution >= 4 is 23.0 Å². The molecule has 3 aliphatic rings. The molecule has 10 nitrogen and oxygen atoms in total. The fourth-order valence-corrected chi connectivity index (χ4v) is 6.83. The quantitative estimate of drug-likeness (QED) is 0.352. The minimum Gasteiger partial charge on any atom is -0.497 e. The molecule has 228 valence electrons. The molecule has 1 saturated heterocycles. The molecule has 0 unspecified atom stereocenters. The fourth-order valence-electron chi connectivity index (χ4n) is 5.65. The van der Waals surface area contributed by atoms with Crippen molar-refractivity contribution in [3.05, 3.63) is 59.7 Å². The second-order valence-electron chi connectivity index (χ2n) is 10.9. The predicted octanol–water partition coefficient (Wildman–Crippen LogP) is 4.90. The summed E-state index contributed by atoms with van der Waals surface area (Å²) in [5.74, 6) is 1.56. The van der Waals surface area contributed by atoms with Gasteiger partial charge >= 0.3 is 6.09 Å². The monoisotopic (exact) mass is 599 g/mol. The average molecular weight is 600 g/mol. The molecule has 2 aromatic rings. The molecule has 0 aromatic heterocycles. The molecule has 2 heterocycles. The summed E-state index contributed by atoms with van der Waals surface area (Å²) in [4.78, 5) is 17.7. The number of carbonyl (C=O) groups is 1. The summed E-state index contributed by atoms with van der Waals surface area (Å²) in [5.41, 5.74) is 1.62. The number of thioether (sulfide) groups is 1. The molecule has 2 aliphatic heterocycles. The van der Waals surface area contributed by atoms with E-state index in [1.54, 1.807) is 14.2 Å². The Bertz CT molecular complexity index is 1190. The van der Waals surface area contributed by atoms with Crippen molar-refractivity contribution in [1.29, 1.82) is 0 Å². The first kappa shape index (κ1) is 30.6. The second kappa shape index (κ2) is 14.6. The van der Waals surface area contributed by atoms with Crippen molar-refractivity contribution in [2.75, 3.05) is 27.8 Å². The number of ether oxygens (including phenoxy) is 5. The summed E-state index contributed by atoms with van der Waals surface area (Å²) in [6, 6.07) is 15.7. The Balaban J connectivity index is 1.38. The third-order valence-corrected chi connectivity index (χ3v) is 9.30. The van der Waals surface area contributed by atoms with E-state index < -0.39 is 24.3 Å². The Morgan fingerprint density at radius 3 is 2.10 bits per heavy atom. The molecule has 42 heavy (non-hydrogen) atoms. The van der Waals surface area contributed by atoms with Crippen LogP contribution in [0, 0.1) is 0 Å². The number of amidine groups is 1. The zero-order chi connectivity index (χ0) is 29.5. The van der Waals surface area contributed by atoms with Gasteiger partial charge in [0.05, 0.1) is 33.5 Å². The van der Waals surface area contributed by atoms with Gasteiger partial charge in [0.25, 0.3) is 0 Å². The van der Waals surface area contributed by atoms with E-state index in [-0.39, 0.29) is 11.5 Å². The Kier molecular flexibility index (Phi) is 10.6. The van der Waals surface area contributed by atoms with Gasteiger partial charge in [-0.25, -0.2) is 4.79 Å². The van der Waals surface area contributed by atoms with Crippen molar-refractivity contribution in [1.82, 2.24) is 10.2 Å². The molecule has 2 aromatic carbocycles. The van der Waals surface area contributed by atoms with E-state index in [4.69, 9.17) is 28.7 Å². The van der Waals surface area contributed by atoms with Crippen LogP contribution in [0.15, 0.2) is 53.5 Å². The standard InChI is InChI=1S/C31H41N3O7S/c1-34(31(35)36)30-33-26-28(40-19-21-10-14-24(38-3)15-11-21)27(39-18-20-8-12-23(37-2)13-9-20)25(41-29(26)42-30)16-17-32-22-6-4-5-7-22/h8-15,22,25-29,32H,4-7,16-19H2,1-3H3,(H,35,36)/t25-,26-,27+,28-,29-/m1/s1. The molecule has 0 spiro atoms. The van der Waals surface area contributed by atoms with Gasteiger partial charge in [0.2, 0.25) is 0 Å². The van der Waals surface area contributed by atoms with Crippen molar-refractivity contribution in [2.24, 2.45) is 4.99 Å². The van der Waals surface area contributed by atoms with Crippen LogP contribution in [0.1, 0.15) is 43.2 Å². The summed E-state index contributed by atoms with van der Waals surface area (Å²) in [7, 11) is 4.79. The number of carboxylic acid groups (broad SMARTS) is 1. The number of nitrogens with zero attached hydrogens (tertiary/aromatic N) is 2. The predicted molar refractivity (Wildman–Crippen MR) is 161 cm³/mol. The van der Waals surface area contributed by atoms with Gasteiger partial charge in [0.15, 0.2) is 5.17 Å². The number of fused-ring (bicyclic) bond motifs is 1. The maximum atomic E-state index is 11.7. The van der Waals surface area contributed by atoms with Gasteiger partial charge in [0.1, 0.15) is 35.2 Å². The minimum atomic E-state index is -1.07. The number of hydrogen-bond donors (Lipinski definition) is 2. The molecule has 1 amide bonds. The summed E-state index contributed by atoms with van der Waals surface area (Å²) >= 11 is 1.33. The van der Waals surface area contributed by atoms with Gasteiger partial charge < -0.3 is 34.1 Å². The Hall–Kier alpha value is -2.83. The molecule has 0 radical (unpaired) electrons. The van der Waals surface area contributed by atoms with E-state index in [1.165, 1.54) is 44.5 Å². The number of rotatable bonds is 12. The molecule has 0 bridgehead atoms. The second-order valence-corrected chi connectivity index (χ2v) is 11.9. The van der Waals surface area contributed by atoms with Crippen LogP contribution in [-0.2, 0) is 27.4 Å². The fraction of sp³-hybridized carbons (Fsp3) is 0.548. The smallest absolute Gasteiger partial charge is 0.413 e. The van der Waals surface area contributed by atoms with E-state index >= 15 is 0 Å². The van der Waals surface area contributed by atoms with Gasteiger partial charge in [-0.1, -0.05) is 48.9 Å². The first-order valence-corrected chi connectivity index (χ1v) is 15.4. The summed E-state index contributed by atoms with van der Waals surface area (Å²) in [5, 5.41) is 13.7. The number of amides is 1. The van der Waals surface area contributed by atoms with E-state index in [0.29, 0.717) is 24.4 Å². The lowest BCUT2D eigenvalue weighted by molar-refractivity contribution is -0.198. The molecule has 2 fully saturated rings. The lowest BCUT2D eigenvalue weighted by Crippen LogP contribution is -2.57. The van der Waals surface area contributed by atoms with E-state index in [2.05, 4.69) is 5.32 Å². The first-order chi connectivity index (χ1) is 20.4. The van der Waals surface area contributed by atoms with E-state index in [1.807, 2.05) is 48.5 Å². The topological polar surface area (TPSA) is 111 Å². The van der Waals surface area contributed by atoms with Crippen LogP contribution in [0.4, 0.5) is 4.79 Å². The van der Waals surface area contributed by atoms with Gasteiger partial charge in [-0.15, -0.1) is 0 Å². The van der Waals surface area contributed by atoms with Gasteiger partial charge in [-0.2, -0.15) is 0 Å². The molecule has 1 saturated carbocycles. The number of benzene rings is 2. The highest BCUT2D eigenvalue weighted by Crippen LogP contribution is 2.41. The molecular formula is C31H41N3O7S. The van der Waals surface area contributed by atoms with Crippen LogP contribution in [0.25, 0.3) is 0 Å². The van der Waals surface area contributed by atoms with Crippen LogP contribution in [0.2, 0.25) is 0 Å². The molecule has 11 heteroatoms. The van der Waals surface area contributed by atoms with E-state index in [0.717, 1.165) is 40.5 Å². The summed E-state index contributed by atoms with van der Waals surface area (Å²) in [6.45, 7) is 1.51. The molecule has 2 N–H and O–H groups in total. The van der Waals surface area contributed by atoms with Gasteiger partial charge in [-0.3, -0.25) is 9.89 Å². The molecule has 1 aliphatic carbocycles. The van der Waals surface area contributed by atoms with Crippen LogP contribution in [-0.4, -0.2) is 84.9 Å². The van der Waals surface area contributed by atoms with Crippen molar-refractivity contribution in [3.8, 4) is 11.5 Å². The highest BCUT2D eigenvalue weighted by Gasteiger charge is 2.51. The Morgan fingerprint density at radius 1 is 0.976 bits per heavy atom. The lowest BCUT2D eigenvalue weighted by Gasteiger charge is -2.43. The van der Waals surface area contributed by atoms with E-state index in [9.17, 15) is 9.90 Å². The number of methoxy groups -OCH3 is 2. The third-order valence-electron chi connectivity index (χ3n) is 8.09. The Morgan fingerprint density at radius 2 is 1.55 bits per heavy atom. The molecular weight excluding hydrogens is 558 g/mol. The lowest BCUT2D eigenvalue weighted by atomic mass is 9.95. The van der Waals surface area contributed by atoms with Crippen LogP contribution < -0.4 is 14.8 Å². The van der Waals surface area contributed by atoms with Crippen molar-refractivity contribution in [2.45, 2.75) is 81.1 Å². The first-order valence-electron chi connectivity index (χ1n) is 14.5. The molecule has 5 rings (SSSR count). The highest BCUT2D eigenvalue weighted by atomic mass is 32.2. The SMILES string of the molecule is COc1ccc(CO[C@@H]2[C@H]3N=C(N(C)C(=O)O)S[C@H]3O[C@H](CCNC3CCCC3)[C@@H]2OCc2ccc(OC)cc2)cc1. The van der Waals surface area contributed by atoms with Gasteiger partial charge in [-0.05, 0) is 61.2 Å². The average Bonchev–Trinajstić information content (AvgIpc) is 3.69. The van der Waals surface area contributed by atoms with Crippen LogP contribution in [0.3, 0.4) is 0 Å². The van der Waals surface area contributed by atoms with Crippen LogP contribution >= 0.6 is 11.8 Å². The van der Waals surface area contributed by atoms with Crippen molar-refractivity contribution < 1.29 is 33.6 Å². The summed E-state index contributed by atoms with van der Waals surface area (Å²) < 4.78 is 30.5. The maximum Gasteiger partial charge on any atom is 0.413 e. The number of aliphatic imine (C=N–C) groups is 1. The van der Waals surface area contributed by atoms with Crippen LogP contribution in [0.5, 0.6) is 11.5 Å². The maximum absolute atomic E-state index is 11.7. The van der Waals surface area contributed by atoms with Gasteiger partial charge in [0, 0.05) is 13.1 Å². The minimum absolute atomic E-state index is 0.267. The third kappa shape index (κ3) is 7.57. The number of hydrogen-bond acceptors (Lipinski definition) is 9. The number of nitrogens with one attached hydrogen (secondary N) is 1. The molecule has 5 atom stereocenters. The zero-order valence-corrected chi connectivity index (χ0v) is 25.3.